The number of rotatable bonds is 3. The van der Waals surface area contributed by atoms with Crippen LogP contribution >= 0.6 is 0 Å². The molecule has 1 aliphatic rings. The van der Waals surface area contributed by atoms with Crippen molar-refractivity contribution >= 4 is 5.69 Å². The highest BCUT2D eigenvalue weighted by Gasteiger charge is 2.18. The third kappa shape index (κ3) is 3.43. The van der Waals surface area contributed by atoms with E-state index in [4.69, 9.17) is 10.5 Å². The fourth-order valence-electron chi connectivity index (χ4n) is 2.30. The average molecular weight is 237 g/mol. The van der Waals surface area contributed by atoms with Crippen LogP contribution in [0.2, 0.25) is 0 Å². The van der Waals surface area contributed by atoms with Crippen LogP contribution in [0, 0.1) is 11.7 Å². The minimum absolute atomic E-state index is 0.255. The Kier molecular flexibility index (Phi) is 4.00. The lowest BCUT2D eigenvalue weighted by molar-refractivity contribution is 0.00894. The summed E-state index contributed by atoms with van der Waals surface area (Å²) in [4.78, 5) is 0. The number of halogens is 1. The van der Waals surface area contributed by atoms with Gasteiger partial charge in [-0.3, -0.25) is 0 Å². The molecule has 0 spiro atoms. The van der Waals surface area contributed by atoms with Crippen LogP contribution in [0.3, 0.4) is 0 Å². The maximum absolute atomic E-state index is 13.1. The van der Waals surface area contributed by atoms with Crippen molar-refractivity contribution in [2.24, 2.45) is 5.92 Å². The molecule has 0 aromatic heterocycles. The van der Waals surface area contributed by atoms with Gasteiger partial charge in [-0.15, -0.1) is 0 Å². The predicted octanol–water partition coefficient (Wildman–Crippen LogP) is 3.50. The third-order valence-corrected chi connectivity index (χ3v) is 3.54. The molecule has 0 atom stereocenters. The zero-order valence-corrected chi connectivity index (χ0v) is 10.3. The van der Waals surface area contributed by atoms with Crippen LogP contribution in [0.5, 0.6) is 0 Å². The normalized spacial score (nSPS) is 24.8. The summed E-state index contributed by atoms with van der Waals surface area (Å²) in [5.74, 6) is 0.559. The van der Waals surface area contributed by atoms with Crippen LogP contribution in [0.1, 0.15) is 38.2 Å². The Labute approximate surface area is 102 Å². The Balaban J connectivity index is 1.87. The number of anilines is 1. The second kappa shape index (κ2) is 5.50. The van der Waals surface area contributed by atoms with Crippen molar-refractivity contribution < 1.29 is 9.13 Å². The first-order valence-corrected chi connectivity index (χ1v) is 6.30. The van der Waals surface area contributed by atoms with Crippen LogP contribution in [-0.2, 0) is 11.3 Å². The molecule has 3 heteroatoms. The van der Waals surface area contributed by atoms with E-state index in [9.17, 15) is 4.39 Å². The summed E-state index contributed by atoms with van der Waals surface area (Å²) >= 11 is 0. The molecule has 0 unspecified atom stereocenters. The molecule has 0 amide bonds. The first-order valence-electron chi connectivity index (χ1n) is 6.30. The summed E-state index contributed by atoms with van der Waals surface area (Å²) in [5.41, 5.74) is 7.14. The molecule has 0 radical (unpaired) electrons. The summed E-state index contributed by atoms with van der Waals surface area (Å²) in [7, 11) is 0. The van der Waals surface area contributed by atoms with Gasteiger partial charge in [-0.2, -0.15) is 0 Å². The van der Waals surface area contributed by atoms with E-state index < -0.39 is 0 Å². The Bertz CT molecular complexity index is 372. The van der Waals surface area contributed by atoms with Gasteiger partial charge >= 0.3 is 0 Å². The van der Waals surface area contributed by atoms with Crippen molar-refractivity contribution in [3.63, 3.8) is 0 Å². The molecule has 0 aliphatic heterocycles. The summed E-state index contributed by atoms with van der Waals surface area (Å²) in [6.45, 7) is 2.70. The van der Waals surface area contributed by atoms with Crippen molar-refractivity contribution in [3.8, 4) is 0 Å². The van der Waals surface area contributed by atoms with Gasteiger partial charge in [0.05, 0.1) is 12.7 Å². The second-order valence-electron chi connectivity index (χ2n) is 5.04. The molecule has 0 heterocycles. The van der Waals surface area contributed by atoms with Crippen LogP contribution in [0.25, 0.3) is 0 Å². The average Bonchev–Trinajstić information content (AvgIpc) is 2.32. The van der Waals surface area contributed by atoms with Gasteiger partial charge in [-0.1, -0.05) is 6.92 Å². The van der Waals surface area contributed by atoms with Crippen LogP contribution in [-0.4, -0.2) is 6.10 Å². The highest BCUT2D eigenvalue weighted by Crippen LogP contribution is 2.26. The SMILES string of the molecule is CC1CCC(OCc2cc(F)ccc2N)CC1. The van der Waals surface area contributed by atoms with Gasteiger partial charge in [0.15, 0.2) is 0 Å². The Morgan fingerprint density at radius 1 is 1.29 bits per heavy atom. The van der Waals surface area contributed by atoms with Gasteiger partial charge in [0, 0.05) is 11.3 Å². The van der Waals surface area contributed by atoms with Crippen LogP contribution < -0.4 is 5.73 Å². The van der Waals surface area contributed by atoms with Gasteiger partial charge in [0.1, 0.15) is 5.82 Å². The van der Waals surface area contributed by atoms with Gasteiger partial charge in [0.2, 0.25) is 0 Å². The van der Waals surface area contributed by atoms with Crippen molar-refractivity contribution in [1.82, 2.24) is 0 Å². The molecule has 0 saturated heterocycles. The monoisotopic (exact) mass is 237 g/mol. The molecule has 2 nitrogen and oxygen atoms in total. The molecule has 2 rings (SSSR count). The fourth-order valence-corrected chi connectivity index (χ4v) is 2.30. The van der Waals surface area contributed by atoms with E-state index in [2.05, 4.69) is 6.92 Å². The van der Waals surface area contributed by atoms with Crippen molar-refractivity contribution in [3.05, 3.63) is 29.6 Å². The van der Waals surface area contributed by atoms with Crippen molar-refractivity contribution in [2.45, 2.75) is 45.3 Å². The van der Waals surface area contributed by atoms with Crippen molar-refractivity contribution in [1.29, 1.82) is 0 Å². The van der Waals surface area contributed by atoms with E-state index in [1.165, 1.54) is 25.0 Å². The molecular weight excluding hydrogens is 217 g/mol. The standard InChI is InChI=1S/C14H20FNO/c1-10-2-5-13(6-3-10)17-9-11-8-12(15)4-7-14(11)16/h4,7-8,10,13H,2-3,5-6,9,16H2,1H3. The molecule has 1 aromatic carbocycles. The van der Waals surface area contributed by atoms with E-state index in [-0.39, 0.29) is 5.82 Å². The number of hydrogen-bond acceptors (Lipinski definition) is 2. The predicted molar refractivity (Wildman–Crippen MR) is 67.0 cm³/mol. The highest BCUT2D eigenvalue weighted by atomic mass is 19.1. The number of hydrogen-bond donors (Lipinski definition) is 1. The van der Waals surface area contributed by atoms with E-state index in [1.807, 2.05) is 0 Å². The summed E-state index contributed by atoms with van der Waals surface area (Å²) in [5, 5.41) is 0. The van der Waals surface area contributed by atoms with Crippen LogP contribution in [0.15, 0.2) is 18.2 Å². The largest absolute Gasteiger partial charge is 0.398 e. The lowest BCUT2D eigenvalue weighted by Crippen LogP contribution is -2.20. The summed E-state index contributed by atoms with van der Waals surface area (Å²) in [6, 6.07) is 4.43. The fraction of sp³-hybridized carbons (Fsp3) is 0.571. The van der Waals surface area contributed by atoms with Crippen molar-refractivity contribution in [2.75, 3.05) is 5.73 Å². The number of nitrogen functional groups attached to an aromatic ring is 1. The van der Waals surface area contributed by atoms with E-state index in [0.717, 1.165) is 24.3 Å². The summed E-state index contributed by atoms with van der Waals surface area (Å²) in [6.07, 6.45) is 4.98. The molecule has 1 aromatic rings. The lowest BCUT2D eigenvalue weighted by atomic mass is 9.89. The Morgan fingerprint density at radius 2 is 2.00 bits per heavy atom. The molecule has 1 aliphatic carbocycles. The van der Waals surface area contributed by atoms with E-state index in [0.29, 0.717) is 18.4 Å². The summed E-state index contributed by atoms with van der Waals surface area (Å²) < 4.78 is 18.9. The number of ether oxygens (including phenoxy) is 1. The minimum Gasteiger partial charge on any atom is -0.398 e. The first-order chi connectivity index (χ1) is 8.15. The molecule has 1 fully saturated rings. The Morgan fingerprint density at radius 3 is 2.71 bits per heavy atom. The highest BCUT2D eigenvalue weighted by molar-refractivity contribution is 5.46. The zero-order chi connectivity index (χ0) is 12.3. The quantitative estimate of drug-likeness (QED) is 0.816. The Hall–Kier alpha value is -1.09. The molecular formula is C14H20FNO. The lowest BCUT2D eigenvalue weighted by Gasteiger charge is -2.26. The van der Waals surface area contributed by atoms with E-state index in [1.54, 1.807) is 6.07 Å². The minimum atomic E-state index is -0.255. The smallest absolute Gasteiger partial charge is 0.123 e. The number of nitrogens with two attached hydrogens (primary N) is 1. The maximum Gasteiger partial charge on any atom is 0.123 e. The van der Waals surface area contributed by atoms with Gasteiger partial charge in [-0.05, 0) is 49.8 Å². The topological polar surface area (TPSA) is 35.2 Å². The molecule has 1 saturated carbocycles. The zero-order valence-electron chi connectivity index (χ0n) is 10.3. The van der Waals surface area contributed by atoms with Gasteiger partial charge in [-0.25, -0.2) is 4.39 Å². The van der Waals surface area contributed by atoms with Gasteiger partial charge in [0.25, 0.3) is 0 Å². The molecule has 0 bridgehead atoms. The first kappa shape index (κ1) is 12.4. The number of benzene rings is 1. The molecule has 94 valence electrons. The third-order valence-electron chi connectivity index (χ3n) is 3.54. The molecule has 2 N–H and O–H groups in total. The van der Waals surface area contributed by atoms with Gasteiger partial charge < -0.3 is 10.5 Å². The van der Waals surface area contributed by atoms with E-state index >= 15 is 0 Å². The molecule has 17 heavy (non-hydrogen) atoms. The maximum atomic E-state index is 13.1. The van der Waals surface area contributed by atoms with Crippen LogP contribution in [0.4, 0.5) is 10.1 Å². The second-order valence-corrected chi connectivity index (χ2v) is 5.04.